The van der Waals surface area contributed by atoms with Gasteiger partial charge in [-0.05, 0) is 24.3 Å². The second kappa shape index (κ2) is 3.34. The SMILES string of the molecule is O=C1N=c2cccnc2=C1c1ccccn1. The van der Waals surface area contributed by atoms with Gasteiger partial charge in [-0.3, -0.25) is 14.8 Å². The highest BCUT2D eigenvalue weighted by Gasteiger charge is 2.19. The smallest absolute Gasteiger partial charge is 0.267 e. The molecule has 3 heterocycles. The van der Waals surface area contributed by atoms with Gasteiger partial charge in [0.2, 0.25) is 0 Å². The molecule has 1 aliphatic rings. The molecule has 4 heteroatoms. The van der Waals surface area contributed by atoms with Crippen LogP contribution < -0.4 is 10.7 Å². The molecule has 1 aliphatic heterocycles. The minimum atomic E-state index is -0.271. The number of hydrogen-bond donors (Lipinski definition) is 0. The van der Waals surface area contributed by atoms with E-state index in [9.17, 15) is 4.79 Å². The first kappa shape index (κ1) is 8.91. The zero-order chi connectivity index (χ0) is 11.0. The third-order valence-corrected chi connectivity index (χ3v) is 2.38. The molecule has 0 saturated heterocycles. The maximum absolute atomic E-state index is 11.7. The minimum Gasteiger partial charge on any atom is -0.267 e. The average molecular weight is 209 g/mol. The Morgan fingerprint density at radius 1 is 0.938 bits per heavy atom. The van der Waals surface area contributed by atoms with E-state index in [1.807, 2.05) is 6.07 Å². The second-order valence-corrected chi connectivity index (χ2v) is 3.38. The Balaban J connectivity index is 2.39. The van der Waals surface area contributed by atoms with Crippen LogP contribution in [0.3, 0.4) is 0 Å². The maximum Gasteiger partial charge on any atom is 0.282 e. The molecule has 0 bridgehead atoms. The predicted octanol–water partition coefficient (Wildman–Crippen LogP) is -0.165. The molecule has 3 rings (SSSR count). The fourth-order valence-corrected chi connectivity index (χ4v) is 1.69. The summed E-state index contributed by atoms with van der Waals surface area (Å²) >= 11 is 0. The minimum absolute atomic E-state index is 0.271. The molecule has 0 saturated carbocycles. The number of aromatic nitrogens is 2. The van der Waals surface area contributed by atoms with Gasteiger partial charge in [-0.15, -0.1) is 0 Å². The Hall–Kier alpha value is -2.36. The topological polar surface area (TPSA) is 55.2 Å². The van der Waals surface area contributed by atoms with Gasteiger partial charge >= 0.3 is 0 Å². The molecule has 0 spiro atoms. The number of carbonyl (C=O) groups excluding carboxylic acids is 1. The van der Waals surface area contributed by atoms with Gasteiger partial charge in [0.25, 0.3) is 5.91 Å². The van der Waals surface area contributed by atoms with Gasteiger partial charge in [0.05, 0.1) is 16.6 Å². The normalized spacial score (nSPS) is 13.5. The van der Waals surface area contributed by atoms with E-state index in [1.54, 1.807) is 36.7 Å². The fraction of sp³-hybridized carbons (Fsp3) is 0. The van der Waals surface area contributed by atoms with E-state index in [0.717, 1.165) is 0 Å². The lowest BCUT2D eigenvalue weighted by Crippen LogP contribution is -2.26. The molecular weight excluding hydrogens is 202 g/mol. The van der Waals surface area contributed by atoms with Crippen molar-refractivity contribution in [3.8, 4) is 0 Å². The molecule has 16 heavy (non-hydrogen) atoms. The molecule has 2 aromatic heterocycles. The van der Waals surface area contributed by atoms with Gasteiger partial charge < -0.3 is 0 Å². The monoisotopic (exact) mass is 209 g/mol. The van der Waals surface area contributed by atoms with Crippen molar-refractivity contribution >= 4 is 11.5 Å². The van der Waals surface area contributed by atoms with E-state index < -0.39 is 0 Å². The summed E-state index contributed by atoms with van der Waals surface area (Å²) in [5.74, 6) is -0.271. The lowest BCUT2D eigenvalue weighted by Gasteiger charge is -1.96. The molecule has 0 aromatic carbocycles. The zero-order valence-corrected chi connectivity index (χ0v) is 8.29. The van der Waals surface area contributed by atoms with Crippen LogP contribution in [-0.4, -0.2) is 15.9 Å². The van der Waals surface area contributed by atoms with E-state index in [1.165, 1.54) is 0 Å². The van der Waals surface area contributed by atoms with Crippen molar-refractivity contribution in [2.24, 2.45) is 4.99 Å². The van der Waals surface area contributed by atoms with Crippen LogP contribution >= 0.6 is 0 Å². The lowest BCUT2D eigenvalue weighted by atomic mass is 10.1. The first-order valence-electron chi connectivity index (χ1n) is 4.86. The van der Waals surface area contributed by atoms with Crippen LogP contribution in [0.4, 0.5) is 0 Å². The van der Waals surface area contributed by atoms with E-state index in [2.05, 4.69) is 15.0 Å². The summed E-state index contributed by atoms with van der Waals surface area (Å²) in [5.41, 5.74) is 1.10. The van der Waals surface area contributed by atoms with E-state index >= 15 is 0 Å². The van der Waals surface area contributed by atoms with Crippen LogP contribution in [0.2, 0.25) is 0 Å². The summed E-state index contributed by atoms with van der Waals surface area (Å²) in [5, 5.41) is 1.24. The van der Waals surface area contributed by atoms with Crippen LogP contribution in [0.1, 0.15) is 5.69 Å². The summed E-state index contributed by atoms with van der Waals surface area (Å²) < 4.78 is 0. The van der Waals surface area contributed by atoms with Crippen molar-refractivity contribution in [2.45, 2.75) is 0 Å². The van der Waals surface area contributed by atoms with Gasteiger partial charge in [-0.1, -0.05) is 6.07 Å². The van der Waals surface area contributed by atoms with Crippen LogP contribution in [-0.2, 0) is 4.79 Å². The van der Waals surface area contributed by atoms with Crippen LogP contribution in [0, 0.1) is 0 Å². The molecule has 0 fully saturated rings. The lowest BCUT2D eigenvalue weighted by molar-refractivity contribution is -0.112. The Morgan fingerprint density at radius 2 is 1.81 bits per heavy atom. The molecule has 2 aromatic rings. The molecule has 0 radical (unpaired) electrons. The molecule has 0 aliphatic carbocycles. The average Bonchev–Trinajstić information content (AvgIpc) is 2.66. The molecule has 0 N–H and O–H groups in total. The third kappa shape index (κ3) is 1.24. The van der Waals surface area contributed by atoms with Crippen molar-refractivity contribution in [3.63, 3.8) is 0 Å². The second-order valence-electron chi connectivity index (χ2n) is 3.38. The highest BCUT2D eigenvalue weighted by atomic mass is 16.1. The molecule has 0 atom stereocenters. The number of carbonyl (C=O) groups is 1. The maximum atomic E-state index is 11.7. The molecule has 76 valence electrons. The molecular formula is C12H7N3O. The van der Waals surface area contributed by atoms with Crippen molar-refractivity contribution in [1.82, 2.24) is 9.97 Å². The Bertz CT molecular complexity index is 677. The number of hydrogen-bond acceptors (Lipinski definition) is 3. The summed E-state index contributed by atoms with van der Waals surface area (Å²) in [4.78, 5) is 24.0. The standard InChI is InChI=1S/C12H7N3O/c16-12-10(8-4-1-2-6-13-8)11-9(15-12)5-3-7-14-11/h1-7H. The highest BCUT2D eigenvalue weighted by molar-refractivity contribution is 6.20. The number of fused-ring (bicyclic) bond motifs is 1. The largest absolute Gasteiger partial charge is 0.282 e. The fourth-order valence-electron chi connectivity index (χ4n) is 1.69. The van der Waals surface area contributed by atoms with E-state index in [4.69, 9.17) is 0 Å². The molecule has 0 unspecified atom stereocenters. The van der Waals surface area contributed by atoms with Crippen LogP contribution in [0.25, 0.3) is 5.57 Å². The van der Waals surface area contributed by atoms with Gasteiger partial charge in [0.15, 0.2) is 0 Å². The predicted molar refractivity (Wildman–Crippen MR) is 56.8 cm³/mol. The Morgan fingerprint density at radius 3 is 2.62 bits per heavy atom. The summed E-state index contributed by atoms with van der Waals surface area (Å²) in [6, 6.07) is 8.96. The first-order valence-corrected chi connectivity index (χ1v) is 4.86. The van der Waals surface area contributed by atoms with Gasteiger partial charge in [0, 0.05) is 12.4 Å². The molecule has 4 nitrogen and oxygen atoms in total. The first-order chi connectivity index (χ1) is 7.86. The third-order valence-electron chi connectivity index (χ3n) is 2.38. The Kier molecular flexibility index (Phi) is 1.86. The van der Waals surface area contributed by atoms with Crippen molar-refractivity contribution in [2.75, 3.05) is 0 Å². The summed E-state index contributed by atoms with van der Waals surface area (Å²) in [6.07, 6.45) is 3.30. The number of rotatable bonds is 1. The van der Waals surface area contributed by atoms with Gasteiger partial charge in [0.1, 0.15) is 5.35 Å². The van der Waals surface area contributed by atoms with Crippen molar-refractivity contribution in [3.05, 3.63) is 59.1 Å². The summed E-state index contributed by atoms with van der Waals surface area (Å²) in [7, 11) is 0. The quantitative estimate of drug-likeness (QED) is 0.655. The van der Waals surface area contributed by atoms with Gasteiger partial charge in [-0.25, -0.2) is 4.99 Å². The summed E-state index contributed by atoms with van der Waals surface area (Å²) in [6.45, 7) is 0. The van der Waals surface area contributed by atoms with E-state index in [-0.39, 0.29) is 5.91 Å². The van der Waals surface area contributed by atoms with Crippen LogP contribution in [0.15, 0.2) is 47.7 Å². The molecule has 1 amide bonds. The van der Waals surface area contributed by atoms with Crippen LogP contribution in [0.5, 0.6) is 0 Å². The zero-order valence-electron chi connectivity index (χ0n) is 8.29. The highest BCUT2D eigenvalue weighted by Crippen LogP contribution is 2.10. The van der Waals surface area contributed by atoms with Crippen molar-refractivity contribution < 1.29 is 4.79 Å². The van der Waals surface area contributed by atoms with Crippen molar-refractivity contribution in [1.29, 1.82) is 0 Å². The number of amides is 1. The van der Waals surface area contributed by atoms with Gasteiger partial charge in [-0.2, -0.15) is 0 Å². The Labute approximate surface area is 91.0 Å². The number of pyridine rings is 2. The number of nitrogens with zero attached hydrogens (tertiary/aromatic N) is 3. The van der Waals surface area contributed by atoms with E-state index in [0.29, 0.717) is 22.0 Å².